The number of aromatic amines is 2. The molecule has 0 amide bonds. The number of imidazole rings is 1. The first-order chi connectivity index (χ1) is 19.3. The Balaban J connectivity index is 1.72. The van der Waals surface area contributed by atoms with Crippen LogP contribution in [0.1, 0.15) is 63.2 Å². The first kappa shape index (κ1) is 29.4. The van der Waals surface area contributed by atoms with Gasteiger partial charge in [0.15, 0.2) is 5.15 Å². The lowest BCUT2D eigenvalue weighted by molar-refractivity contribution is -0.157. The fraction of sp³-hybridized carbons (Fsp3) is 0.433. The number of carbonyl (C=O) groups is 1. The molecule has 2 aromatic heterocycles. The van der Waals surface area contributed by atoms with Gasteiger partial charge in [0.25, 0.3) is 0 Å². The molecule has 0 spiro atoms. The van der Waals surface area contributed by atoms with Crippen LogP contribution in [0.15, 0.2) is 48.5 Å². The summed E-state index contributed by atoms with van der Waals surface area (Å²) in [5.41, 5.74) is 4.38. The van der Waals surface area contributed by atoms with Crippen LogP contribution in [0.4, 0.5) is 0 Å². The summed E-state index contributed by atoms with van der Waals surface area (Å²) in [6.07, 6.45) is 3.38. The second-order valence-corrected chi connectivity index (χ2v) is 10.8. The minimum absolute atomic E-state index is 0.121. The van der Waals surface area contributed by atoms with Crippen LogP contribution in [0, 0.1) is 5.92 Å². The predicted octanol–water partition coefficient (Wildman–Crippen LogP) is 6.06. The molecule has 0 aliphatic carbocycles. The maximum absolute atomic E-state index is 13.6. The molecule has 3 atom stereocenters. The molecule has 212 valence electrons. The Morgan fingerprint density at radius 2 is 1.88 bits per heavy atom. The number of ether oxygens (including phenoxy) is 1. The summed E-state index contributed by atoms with van der Waals surface area (Å²) in [5.74, 6) is 1.11. The van der Waals surface area contributed by atoms with Gasteiger partial charge in [0, 0.05) is 18.4 Å². The summed E-state index contributed by atoms with van der Waals surface area (Å²) in [6, 6.07) is 15.8. The summed E-state index contributed by atoms with van der Waals surface area (Å²) in [5, 5.41) is 15.1. The molecule has 0 aliphatic rings. The predicted molar refractivity (Wildman–Crippen MR) is 157 cm³/mol. The van der Waals surface area contributed by atoms with Crippen LogP contribution in [0.5, 0.6) is 0 Å². The third-order valence-corrected chi connectivity index (χ3v) is 7.53. The minimum Gasteiger partial charge on any atom is -0.454 e. The molecule has 0 unspecified atom stereocenters. The molecule has 9 nitrogen and oxygen atoms in total. The summed E-state index contributed by atoms with van der Waals surface area (Å²) >= 11 is 6.64. The Bertz CT molecular complexity index is 1370. The lowest BCUT2D eigenvalue weighted by Gasteiger charge is -2.29. The second kappa shape index (κ2) is 13.7. The Morgan fingerprint density at radius 3 is 2.52 bits per heavy atom. The third kappa shape index (κ3) is 6.95. The van der Waals surface area contributed by atoms with Crippen molar-refractivity contribution in [3.63, 3.8) is 0 Å². The highest BCUT2D eigenvalue weighted by Crippen LogP contribution is 2.34. The number of tetrazole rings is 1. The topological polar surface area (TPSA) is 113 Å². The number of aromatic nitrogens is 6. The molecule has 0 radical (unpaired) electrons. The minimum atomic E-state index is -0.657. The van der Waals surface area contributed by atoms with Crippen LogP contribution in [0.25, 0.3) is 22.5 Å². The van der Waals surface area contributed by atoms with E-state index in [1.54, 1.807) is 0 Å². The average molecular weight is 564 g/mol. The Labute approximate surface area is 240 Å². The number of hydrogen-bond donors (Lipinski definition) is 2. The summed E-state index contributed by atoms with van der Waals surface area (Å²) < 4.78 is 6.24. The van der Waals surface area contributed by atoms with Gasteiger partial charge < -0.3 is 9.72 Å². The van der Waals surface area contributed by atoms with E-state index in [0.29, 0.717) is 23.1 Å². The van der Waals surface area contributed by atoms with Gasteiger partial charge in [0.2, 0.25) is 5.82 Å². The monoisotopic (exact) mass is 563 g/mol. The van der Waals surface area contributed by atoms with Crippen molar-refractivity contribution in [3.05, 3.63) is 70.8 Å². The molecule has 0 saturated carbocycles. The highest BCUT2D eigenvalue weighted by Gasteiger charge is 2.32. The van der Waals surface area contributed by atoms with E-state index in [4.69, 9.17) is 16.3 Å². The first-order valence-electron chi connectivity index (χ1n) is 13.9. The summed E-state index contributed by atoms with van der Waals surface area (Å²) in [7, 11) is 3.80. The van der Waals surface area contributed by atoms with E-state index in [0.717, 1.165) is 53.8 Å². The van der Waals surface area contributed by atoms with Gasteiger partial charge in [-0.1, -0.05) is 87.7 Å². The molecule has 0 bridgehead atoms. The summed E-state index contributed by atoms with van der Waals surface area (Å²) in [6.45, 7) is 6.27. The number of halogens is 1. The van der Waals surface area contributed by atoms with Gasteiger partial charge in [-0.25, -0.2) is 4.98 Å². The van der Waals surface area contributed by atoms with Gasteiger partial charge in [-0.2, -0.15) is 5.21 Å². The molecule has 2 heterocycles. The van der Waals surface area contributed by atoms with Gasteiger partial charge in [-0.3, -0.25) is 9.69 Å². The van der Waals surface area contributed by atoms with Crippen molar-refractivity contribution < 1.29 is 9.53 Å². The van der Waals surface area contributed by atoms with E-state index in [1.165, 1.54) is 0 Å². The van der Waals surface area contributed by atoms with Gasteiger partial charge in [0.1, 0.15) is 18.0 Å². The van der Waals surface area contributed by atoms with E-state index in [1.807, 2.05) is 67.5 Å². The second-order valence-electron chi connectivity index (χ2n) is 10.4. The van der Waals surface area contributed by atoms with Gasteiger partial charge >= 0.3 is 5.97 Å². The number of esters is 1. The molecule has 4 aromatic rings. The molecule has 40 heavy (non-hydrogen) atoms. The van der Waals surface area contributed by atoms with E-state index in [-0.39, 0.29) is 17.9 Å². The van der Waals surface area contributed by atoms with Gasteiger partial charge in [-0.15, -0.1) is 10.2 Å². The molecule has 10 heteroatoms. The molecule has 0 aliphatic heterocycles. The van der Waals surface area contributed by atoms with Gasteiger partial charge in [-0.05, 0) is 54.4 Å². The zero-order valence-corrected chi connectivity index (χ0v) is 24.6. The van der Waals surface area contributed by atoms with Crippen molar-refractivity contribution in [3.8, 4) is 22.5 Å². The SMILES string of the molecule is CCCCc1nc(Cl)c([C@H](Cc2ccc(-c3ccccc3)c(-c3nn[nH]n3)c2)OC(=O)[C@H]([C@@H](C)CC)N(C)C)[nH]1. The standard InChI is InChI=1S/C30H38ClN7O2/c1-6-8-14-25-32-26(28(31)33-25)24(40-30(39)27(38(4)5)19(3)7-2)18-20-15-16-22(21-12-10-9-11-13-21)23(17-20)29-34-36-37-35-29/h9-13,15-17,19,24,27H,6-8,14,18H2,1-5H3,(H,32,33)(H,34,35,36,37)/t19-,24-,27-/m0/s1. The molecule has 2 N–H and O–H groups in total. The van der Waals surface area contributed by atoms with Crippen molar-refractivity contribution in [2.75, 3.05) is 14.1 Å². The Morgan fingerprint density at radius 1 is 1.10 bits per heavy atom. The third-order valence-electron chi connectivity index (χ3n) is 7.24. The molecule has 0 fully saturated rings. The van der Waals surface area contributed by atoms with Crippen molar-refractivity contribution in [1.82, 2.24) is 35.5 Å². The highest BCUT2D eigenvalue weighted by atomic mass is 35.5. The van der Waals surface area contributed by atoms with Crippen LogP contribution in [-0.2, 0) is 22.4 Å². The smallest absolute Gasteiger partial charge is 0.324 e. The quantitative estimate of drug-likeness (QED) is 0.190. The highest BCUT2D eigenvalue weighted by molar-refractivity contribution is 6.30. The molecular formula is C30H38ClN7O2. The maximum Gasteiger partial charge on any atom is 0.324 e. The van der Waals surface area contributed by atoms with E-state index in [2.05, 4.69) is 51.4 Å². The number of carbonyl (C=O) groups excluding carboxylic acids is 1. The fourth-order valence-electron chi connectivity index (χ4n) is 4.94. The van der Waals surface area contributed by atoms with E-state index in [9.17, 15) is 4.79 Å². The first-order valence-corrected chi connectivity index (χ1v) is 14.2. The number of nitrogens with one attached hydrogen (secondary N) is 2. The number of hydrogen-bond acceptors (Lipinski definition) is 7. The number of rotatable bonds is 13. The number of H-pyrrole nitrogens is 2. The largest absolute Gasteiger partial charge is 0.454 e. The number of nitrogens with zero attached hydrogens (tertiary/aromatic N) is 5. The molecule has 2 aromatic carbocycles. The van der Waals surface area contributed by atoms with Gasteiger partial charge in [0.05, 0.1) is 5.69 Å². The van der Waals surface area contributed by atoms with Crippen molar-refractivity contribution >= 4 is 17.6 Å². The normalized spacial score (nSPS) is 13.8. The van der Waals surface area contributed by atoms with Crippen molar-refractivity contribution in [1.29, 1.82) is 0 Å². The van der Waals surface area contributed by atoms with Crippen LogP contribution in [0.2, 0.25) is 5.15 Å². The number of unbranched alkanes of at least 4 members (excludes halogenated alkanes) is 1. The fourth-order valence-corrected chi connectivity index (χ4v) is 5.21. The van der Waals surface area contributed by atoms with E-state index < -0.39 is 6.10 Å². The van der Waals surface area contributed by atoms with Crippen LogP contribution >= 0.6 is 11.6 Å². The van der Waals surface area contributed by atoms with Crippen LogP contribution in [-0.4, -0.2) is 61.6 Å². The van der Waals surface area contributed by atoms with Crippen LogP contribution < -0.4 is 0 Å². The Hall–Kier alpha value is -3.56. The Kier molecular flexibility index (Phi) is 10.1. The zero-order valence-electron chi connectivity index (χ0n) is 23.8. The zero-order chi connectivity index (χ0) is 28.6. The number of likely N-dealkylation sites (N-methyl/N-ethyl adjacent to an activating group) is 1. The molecule has 4 rings (SSSR count). The average Bonchev–Trinajstić information content (AvgIpc) is 3.62. The van der Waals surface area contributed by atoms with Crippen molar-refractivity contribution in [2.45, 2.75) is 65.0 Å². The lowest BCUT2D eigenvalue weighted by atomic mass is 9.94. The lowest BCUT2D eigenvalue weighted by Crippen LogP contribution is -2.42. The molecular weight excluding hydrogens is 526 g/mol. The number of benzene rings is 2. The van der Waals surface area contributed by atoms with Crippen molar-refractivity contribution in [2.24, 2.45) is 5.92 Å². The van der Waals surface area contributed by atoms with E-state index >= 15 is 0 Å². The summed E-state index contributed by atoms with van der Waals surface area (Å²) in [4.78, 5) is 23.4. The van der Waals surface area contributed by atoms with Crippen LogP contribution in [0.3, 0.4) is 0 Å². The molecule has 0 saturated heterocycles. The maximum atomic E-state index is 13.6. The number of aryl methyl sites for hydroxylation is 1.